The lowest BCUT2D eigenvalue weighted by molar-refractivity contribution is -0.365. The second kappa shape index (κ2) is 2.88. The van der Waals surface area contributed by atoms with E-state index < -0.39 is 18.5 Å². The summed E-state index contributed by atoms with van der Waals surface area (Å²) in [6.45, 7) is 0. The molecule has 0 radical (unpaired) electrons. The van der Waals surface area contributed by atoms with Gasteiger partial charge in [0, 0.05) is 7.11 Å². The quantitative estimate of drug-likeness (QED) is 0.607. The van der Waals surface area contributed by atoms with E-state index in [9.17, 15) is 26.3 Å². The molecule has 0 aromatic rings. The van der Waals surface area contributed by atoms with Gasteiger partial charge in [-0.25, -0.2) is 8.78 Å². The Hall–Kier alpha value is -0.460. The van der Waals surface area contributed by atoms with Crippen LogP contribution in [0.1, 0.15) is 0 Å². The molecular weight excluding hydrogens is 178 g/mol. The van der Waals surface area contributed by atoms with Crippen molar-refractivity contribution < 1.29 is 31.1 Å². The van der Waals surface area contributed by atoms with Gasteiger partial charge in [0.15, 0.2) is 0 Å². The zero-order valence-corrected chi connectivity index (χ0v) is 5.25. The van der Waals surface area contributed by atoms with Gasteiger partial charge >= 0.3 is 18.5 Å². The maximum Gasteiger partial charge on any atom is 0.425 e. The van der Waals surface area contributed by atoms with Crippen LogP contribution in [0.5, 0.6) is 0 Å². The average molecular weight is 182 g/mol. The van der Waals surface area contributed by atoms with Crippen molar-refractivity contribution in [2.75, 3.05) is 7.11 Å². The standard InChI is InChI=1S/C4H4F6O/c1-11-4(9,10)3(7,8)2(5)6/h2H,1H3. The summed E-state index contributed by atoms with van der Waals surface area (Å²) in [4.78, 5) is 0. The highest BCUT2D eigenvalue weighted by Crippen LogP contribution is 2.39. The topological polar surface area (TPSA) is 9.23 Å². The van der Waals surface area contributed by atoms with Crippen molar-refractivity contribution in [1.82, 2.24) is 0 Å². The zero-order valence-electron chi connectivity index (χ0n) is 5.25. The summed E-state index contributed by atoms with van der Waals surface area (Å²) in [5.74, 6) is -5.44. The van der Waals surface area contributed by atoms with Gasteiger partial charge in [-0.2, -0.15) is 17.6 Å². The summed E-state index contributed by atoms with van der Waals surface area (Å²) in [7, 11) is 0.219. The number of rotatable bonds is 3. The van der Waals surface area contributed by atoms with Gasteiger partial charge < -0.3 is 4.74 Å². The molecule has 0 atom stereocenters. The van der Waals surface area contributed by atoms with Crippen LogP contribution in [0.3, 0.4) is 0 Å². The Morgan fingerprint density at radius 3 is 1.55 bits per heavy atom. The van der Waals surface area contributed by atoms with E-state index in [2.05, 4.69) is 4.74 Å². The molecule has 0 saturated heterocycles. The molecule has 68 valence electrons. The second-order valence-corrected chi connectivity index (χ2v) is 1.64. The van der Waals surface area contributed by atoms with Crippen LogP contribution in [-0.4, -0.2) is 25.6 Å². The number of alkyl halides is 6. The molecule has 0 fully saturated rings. The summed E-state index contributed by atoms with van der Waals surface area (Å²) in [5.41, 5.74) is 0. The van der Waals surface area contributed by atoms with Crippen molar-refractivity contribution in [3.63, 3.8) is 0 Å². The fourth-order valence-corrected chi connectivity index (χ4v) is 0.263. The van der Waals surface area contributed by atoms with Crippen LogP contribution in [0.2, 0.25) is 0 Å². The molecule has 0 N–H and O–H groups in total. The summed E-state index contributed by atoms with van der Waals surface area (Å²) < 4.78 is 72.1. The SMILES string of the molecule is COC(F)(F)C(F)(F)C(F)F. The van der Waals surface area contributed by atoms with Crippen molar-refractivity contribution in [1.29, 1.82) is 0 Å². The van der Waals surface area contributed by atoms with Crippen LogP contribution >= 0.6 is 0 Å². The molecule has 0 spiro atoms. The Morgan fingerprint density at radius 1 is 1.09 bits per heavy atom. The van der Waals surface area contributed by atoms with E-state index in [1.165, 1.54) is 0 Å². The van der Waals surface area contributed by atoms with Gasteiger partial charge in [-0.05, 0) is 0 Å². The Balaban J connectivity index is 4.53. The van der Waals surface area contributed by atoms with E-state index in [4.69, 9.17) is 0 Å². The lowest BCUT2D eigenvalue weighted by Gasteiger charge is -2.23. The molecule has 0 bridgehead atoms. The van der Waals surface area contributed by atoms with Crippen LogP contribution < -0.4 is 0 Å². The molecule has 0 saturated carbocycles. The van der Waals surface area contributed by atoms with Crippen molar-refractivity contribution in [3.8, 4) is 0 Å². The van der Waals surface area contributed by atoms with Gasteiger partial charge in [0.2, 0.25) is 0 Å². The first kappa shape index (κ1) is 10.5. The van der Waals surface area contributed by atoms with Crippen molar-refractivity contribution in [3.05, 3.63) is 0 Å². The number of methoxy groups -OCH3 is 1. The van der Waals surface area contributed by atoms with Gasteiger partial charge in [0.25, 0.3) is 0 Å². The highest BCUT2D eigenvalue weighted by molar-refractivity contribution is 4.78. The third-order valence-corrected chi connectivity index (χ3v) is 0.918. The fraction of sp³-hybridized carbons (Fsp3) is 1.00. The highest BCUT2D eigenvalue weighted by Gasteiger charge is 2.64. The molecule has 0 amide bonds. The molecule has 0 rings (SSSR count). The van der Waals surface area contributed by atoms with Gasteiger partial charge in [0.05, 0.1) is 0 Å². The molecule has 11 heavy (non-hydrogen) atoms. The molecule has 0 aromatic heterocycles. The molecule has 0 aliphatic heterocycles. The largest absolute Gasteiger partial charge is 0.425 e. The van der Waals surface area contributed by atoms with Crippen molar-refractivity contribution >= 4 is 0 Å². The van der Waals surface area contributed by atoms with E-state index in [-0.39, 0.29) is 7.11 Å². The van der Waals surface area contributed by atoms with Crippen molar-refractivity contribution in [2.24, 2.45) is 0 Å². The molecule has 0 heterocycles. The molecule has 1 nitrogen and oxygen atoms in total. The average Bonchev–Trinajstić information content (AvgIpc) is 1.87. The zero-order chi connectivity index (χ0) is 9.28. The van der Waals surface area contributed by atoms with Gasteiger partial charge in [-0.3, -0.25) is 0 Å². The minimum absolute atomic E-state index is 0.219. The van der Waals surface area contributed by atoms with Crippen LogP contribution in [0, 0.1) is 0 Å². The van der Waals surface area contributed by atoms with Crippen molar-refractivity contribution in [2.45, 2.75) is 18.5 Å². The predicted molar refractivity (Wildman–Crippen MR) is 22.9 cm³/mol. The predicted octanol–water partition coefficient (Wildman–Crippen LogP) is 2.13. The van der Waals surface area contributed by atoms with E-state index in [0.29, 0.717) is 0 Å². The molecule has 7 heteroatoms. The maximum absolute atomic E-state index is 11.7. The first-order chi connectivity index (χ1) is 4.75. The molecule has 0 aromatic carbocycles. The number of hydrogen-bond acceptors (Lipinski definition) is 1. The number of halogens is 6. The first-order valence-electron chi connectivity index (χ1n) is 2.34. The summed E-state index contributed by atoms with van der Waals surface area (Å²) in [6, 6.07) is 0. The summed E-state index contributed by atoms with van der Waals surface area (Å²) in [5, 5.41) is 0. The highest BCUT2D eigenvalue weighted by atomic mass is 19.3. The van der Waals surface area contributed by atoms with E-state index >= 15 is 0 Å². The Labute approximate surface area is 57.9 Å². The van der Waals surface area contributed by atoms with E-state index in [1.54, 1.807) is 0 Å². The maximum atomic E-state index is 11.7. The second-order valence-electron chi connectivity index (χ2n) is 1.64. The Bertz CT molecular complexity index is 133. The number of hydrogen-bond donors (Lipinski definition) is 0. The minimum Gasteiger partial charge on any atom is -0.319 e. The Morgan fingerprint density at radius 2 is 1.45 bits per heavy atom. The van der Waals surface area contributed by atoms with E-state index in [0.717, 1.165) is 0 Å². The van der Waals surface area contributed by atoms with Crippen LogP contribution in [0.15, 0.2) is 0 Å². The van der Waals surface area contributed by atoms with Gasteiger partial charge in [-0.1, -0.05) is 0 Å². The van der Waals surface area contributed by atoms with Crippen LogP contribution in [0.25, 0.3) is 0 Å². The molecular formula is C4H4F6O. The number of ether oxygens (including phenoxy) is 1. The lowest BCUT2D eigenvalue weighted by Crippen LogP contribution is -2.47. The molecule has 0 aliphatic rings. The Kier molecular flexibility index (Phi) is 2.76. The van der Waals surface area contributed by atoms with Crippen LogP contribution in [0.4, 0.5) is 26.3 Å². The van der Waals surface area contributed by atoms with Gasteiger partial charge in [-0.15, -0.1) is 0 Å². The summed E-state index contributed by atoms with van der Waals surface area (Å²) >= 11 is 0. The normalized spacial score (nSPS) is 14.2. The van der Waals surface area contributed by atoms with Gasteiger partial charge in [0.1, 0.15) is 0 Å². The summed E-state index contributed by atoms with van der Waals surface area (Å²) in [6.07, 6.45) is -9.57. The lowest BCUT2D eigenvalue weighted by atomic mass is 10.3. The third-order valence-electron chi connectivity index (χ3n) is 0.918. The third kappa shape index (κ3) is 1.76. The first-order valence-corrected chi connectivity index (χ1v) is 2.34. The van der Waals surface area contributed by atoms with E-state index in [1.807, 2.05) is 0 Å². The fourth-order valence-electron chi connectivity index (χ4n) is 0.263. The smallest absolute Gasteiger partial charge is 0.319 e. The monoisotopic (exact) mass is 182 g/mol. The minimum atomic E-state index is -5.44. The molecule has 0 unspecified atom stereocenters. The molecule has 0 aliphatic carbocycles. The van der Waals surface area contributed by atoms with Crippen LogP contribution in [-0.2, 0) is 4.74 Å².